The van der Waals surface area contributed by atoms with Crippen LogP contribution in [-0.4, -0.2) is 10.1 Å². The molecule has 0 saturated carbocycles. The lowest BCUT2D eigenvalue weighted by molar-refractivity contribution is 0.220. The van der Waals surface area contributed by atoms with E-state index in [1.807, 2.05) is 18.2 Å². The van der Waals surface area contributed by atoms with Crippen molar-refractivity contribution >= 4 is 22.5 Å². The molecule has 0 aliphatic heterocycles. The highest BCUT2D eigenvalue weighted by Gasteiger charge is 2.13. The van der Waals surface area contributed by atoms with Crippen molar-refractivity contribution in [2.75, 3.05) is 0 Å². The van der Waals surface area contributed by atoms with Crippen LogP contribution in [0.15, 0.2) is 54.7 Å². The predicted molar refractivity (Wildman–Crippen MR) is 77.2 cm³/mol. The lowest BCUT2D eigenvalue weighted by Gasteiger charge is -2.12. The van der Waals surface area contributed by atoms with Gasteiger partial charge in [-0.15, -0.1) is 0 Å². The number of aromatic nitrogens is 1. The minimum absolute atomic E-state index is 0.0427. The van der Waals surface area contributed by atoms with Crippen molar-refractivity contribution in [1.82, 2.24) is 4.98 Å². The Kier molecular flexibility index (Phi) is 3.38. The molecule has 2 aromatic carbocycles. The molecule has 2 nitrogen and oxygen atoms in total. The number of nitrogens with zero attached hydrogens (tertiary/aromatic N) is 1. The molecule has 4 heteroatoms. The van der Waals surface area contributed by atoms with Crippen molar-refractivity contribution < 1.29 is 9.50 Å². The van der Waals surface area contributed by atoms with Crippen LogP contribution < -0.4 is 0 Å². The third-order valence-corrected chi connectivity index (χ3v) is 3.51. The first kappa shape index (κ1) is 13.0. The topological polar surface area (TPSA) is 33.1 Å². The molecule has 100 valence electrons. The molecule has 0 aliphatic carbocycles. The van der Waals surface area contributed by atoms with Crippen molar-refractivity contribution in [3.05, 3.63) is 76.7 Å². The molecule has 0 bridgehead atoms. The van der Waals surface area contributed by atoms with Crippen LogP contribution in [0.3, 0.4) is 0 Å². The SMILES string of the molecule is OC(c1ccc(Cl)c(F)c1)c1ccc2cccnc2c1. The van der Waals surface area contributed by atoms with Gasteiger partial charge in [-0.25, -0.2) is 4.39 Å². The highest BCUT2D eigenvalue weighted by molar-refractivity contribution is 6.30. The van der Waals surface area contributed by atoms with Gasteiger partial charge in [-0.1, -0.05) is 35.9 Å². The van der Waals surface area contributed by atoms with Crippen LogP contribution in [0.5, 0.6) is 0 Å². The van der Waals surface area contributed by atoms with Gasteiger partial charge < -0.3 is 5.11 Å². The molecule has 0 spiro atoms. The summed E-state index contributed by atoms with van der Waals surface area (Å²) in [7, 11) is 0. The maximum atomic E-state index is 13.5. The molecule has 3 rings (SSSR count). The van der Waals surface area contributed by atoms with Crippen LogP contribution in [0, 0.1) is 5.82 Å². The Balaban J connectivity index is 2.02. The molecular formula is C16H11ClFNO. The van der Waals surface area contributed by atoms with Gasteiger partial charge in [-0.3, -0.25) is 4.98 Å². The van der Waals surface area contributed by atoms with Crippen molar-refractivity contribution in [2.45, 2.75) is 6.10 Å². The van der Waals surface area contributed by atoms with E-state index in [2.05, 4.69) is 4.98 Å². The van der Waals surface area contributed by atoms with Crippen LogP contribution >= 0.6 is 11.6 Å². The molecule has 0 amide bonds. The Hall–Kier alpha value is -1.97. The van der Waals surface area contributed by atoms with E-state index in [-0.39, 0.29) is 5.02 Å². The molecular weight excluding hydrogens is 277 g/mol. The van der Waals surface area contributed by atoms with E-state index in [1.165, 1.54) is 12.1 Å². The third kappa shape index (κ3) is 2.38. The summed E-state index contributed by atoms with van der Waals surface area (Å²) < 4.78 is 13.5. The second-order valence-electron chi connectivity index (χ2n) is 4.53. The number of benzene rings is 2. The van der Waals surface area contributed by atoms with Crippen LogP contribution in [0.4, 0.5) is 4.39 Å². The Morgan fingerprint density at radius 3 is 2.60 bits per heavy atom. The van der Waals surface area contributed by atoms with Crippen molar-refractivity contribution in [3.8, 4) is 0 Å². The van der Waals surface area contributed by atoms with Gasteiger partial charge in [-0.05, 0) is 35.4 Å². The zero-order valence-electron chi connectivity index (χ0n) is 10.4. The number of hydrogen-bond donors (Lipinski definition) is 1. The molecule has 20 heavy (non-hydrogen) atoms. The average molecular weight is 288 g/mol. The van der Waals surface area contributed by atoms with Crippen molar-refractivity contribution in [2.24, 2.45) is 0 Å². The van der Waals surface area contributed by atoms with E-state index in [9.17, 15) is 9.50 Å². The maximum absolute atomic E-state index is 13.5. The lowest BCUT2D eigenvalue weighted by Crippen LogP contribution is -2.00. The van der Waals surface area contributed by atoms with Crippen molar-refractivity contribution in [1.29, 1.82) is 0 Å². The zero-order chi connectivity index (χ0) is 14.1. The van der Waals surface area contributed by atoms with E-state index >= 15 is 0 Å². The summed E-state index contributed by atoms with van der Waals surface area (Å²) in [5, 5.41) is 11.4. The van der Waals surface area contributed by atoms with Crippen LogP contribution in [0.25, 0.3) is 10.9 Å². The van der Waals surface area contributed by atoms with Gasteiger partial charge in [0.15, 0.2) is 0 Å². The fraction of sp³-hybridized carbons (Fsp3) is 0.0625. The summed E-state index contributed by atoms with van der Waals surface area (Å²) in [6.45, 7) is 0. The Morgan fingerprint density at radius 1 is 1.05 bits per heavy atom. The summed E-state index contributed by atoms with van der Waals surface area (Å²) in [6, 6.07) is 13.6. The van der Waals surface area contributed by atoms with E-state index in [0.29, 0.717) is 11.1 Å². The fourth-order valence-electron chi connectivity index (χ4n) is 2.13. The van der Waals surface area contributed by atoms with Gasteiger partial charge in [0, 0.05) is 11.6 Å². The molecule has 1 heterocycles. The molecule has 1 atom stereocenters. The summed E-state index contributed by atoms with van der Waals surface area (Å²) in [6.07, 6.45) is 0.786. The lowest BCUT2D eigenvalue weighted by atomic mass is 10.00. The van der Waals surface area contributed by atoms with Crippen LogP contribution in [-0.2, 0) is 0 Å². The molecule has 1 N–H and O–H groups in total. The first-order valence-corrected chi connectivity index (χ1v) is 6.50. The van der Waals surface area contributed by atoms with E-state index in [4.69, 9.17) is 11.6 Å². The number of fused-ring (bicyclic) bond motifs is 1. The Labute approximate surface area is 120 Å². The highest BCUT2D eigenvalue weighted by Crippen LogP contribution is 2.27. The second-order valence-corrected chi connectivity index (χ2v) is 4.94. The minimum Gasteiger partial charge on any atom is -0.384 e. The van der Waals surface area contributed by atoms with Crippen LogP contribution in [0.1, 0.15) is 17.2 Å². The maximum Gasteiger partial charge on any atom is 0.142 e. The standard InChI is InChI=1S/C16H11ClFNO/c17-13-6-5-11(8-14(13)18)16(20)12-4-3-10-2-1-7-19-15(10)9-12/h1-9,16,20H. The smallest absolute Gasteiger partial charge is 0.142 e. The Bertz CT molecular complexity index is 775. The molecule has 0 aliphatic rings. The second kappa shape index (κ2) is 5.19. The number of aliphatic hydroxyl groups excluding tert-OH is 1. The molecule has 3 aromatic rings. The van der Waals surface area contributed by atoms with Gasteiger partial charge in [0.1, 0.15) is 11.9 Å². The molecule has 0 saturated heterocycles. The van der Waals surface area contributed by atoms with Gasteiger partial charge in [0.2, 0.25) is 0 Å². The first-order valence-electron chi connectivity index (χ1n) is 6.13. The predicted octanol–water partition coefficient (Wildman–Crippen LogP) is 4.11. The van der Waals surface area contributed by atoms with E-state index in [0.717, 1.165) is 10.9 Å². The van der Waals surface area contributed by atoms with Gasteiger partial charge in [0.05, 0.1) is 10.5 Å². The van der Waals surface area contributed by atoms with Gasteiger partial charge in [0.25, 0.3) is 0 Å². The number of pyridine rings is 1. The highest BCUT2D eigenvalue weighted by atomic mass is 35.5. The quantitative estimate of drug-likeness (QED) is 0.769. The number of hydrogen-bond acceptors (Lipinski definition) is 2. The number of halogens is 2. The molecule has 1 unspecified atom stereocenters. The third-order valence-electron chi connectivity index (χ3n) is 3.21. The normalized spacial score (nSPS) is 12.6. The average Bonchev–Trinajstić information content (AvgIpc) is 2.49. The zero-order valence-corrected chi connectivity index (χ0v) is 11.2. The minimum atomic E-state index is -0.909. The van der Waals surface area contributed by atoms with Gasteiger partial charge in [-0.2, -0.15) is 0 Å². The van der Waals surface area contributed by atoms with E-state index < -0.39 is 11.9 Å². The van der Waals surface area contributed by atoms with Crippen molar-refractivity contribution in [3.63, 3.8) is 0 Å². The first-order chi connectivity index (χ1) is 9.65. The molecule has 0 fully saturated rings. The summed E-state index contributed by atoms with van der Waals surface area (Å²) >= 11 is 5.64. The summed E-state index contributed by atoms with van der Waals surface area (Å²) in [5.41, 5.74) is 1.92. The largest absolute Gasteiger partial charge is 0.384 e. The number of rotatable bonds is 2. The molecule has 0 radical (unpaired) electrons. The van der Waals surface area contributed by atoms with E-state index in [1.54, 1.807) is 24.4 Å². The summed E-state index contributed by atoms with van der Waals surface area (Å²) in [4.78, 5) is 4.24. The van der Waals surface area contributed by atoms with Crippen LogP contribution in [0.2, 0.25) is 5.02 Å². The Morgan fingerprint density at radius 2 is 1.80 bits per heavy atom. The monoisotopic (exact) mass is 287 g/mol. The summed E-state index contributed by atoms with van der Waals surface area (Å²) in [5.74, 6) is -0.540. The fourth-order valence-corrected chi connectivity index (χ4v) is 2.25. The number of aliphatic hydroxyl groups is 1. The van der Waals surface area contributed by atoms with Gasteiger partial charge >= 0.3 is 0 Å². The molecule has 1 aromatic heterocycles.